The molecule has 0 aromatic heterocycles. The van der Waals surface area contributed by atoms with Gasteiger partial charge in [0.2, 0.25) is 0 Å². The summed E-state index contributed by atoms with van der Waals surface area (Å²) in [7, 11) is 0. The first-order valence-electron chi connectivity index (χ1n) is 5.77. The quantitative estimate of drug-likeness (QED) is 0.675. The van der Waals surface area contributed by atoms with Crippen molar-refractivity contribution in [3.05, 3.63) is 35.4 Å². The van der Waals surface area contributed by atoms with Crippen LogP contribution in [0.1, 0.15) is 31.9 Å². The summed E-state index contributed by atoms with van der Waals surface area (Å²) >= 11 is 0. The van der Waals surface area contributed by atoms with E-state index in [2.05, 4.69) is 20.8 Å². The van der Waals surface area contributed by atoms with Crippen molar-refractivity contribution < 1.29 is 10.2 Å². The normalized spacial score (nSPS) is 12.0. The van der Waals surface area contributed by atoms with E-state index >= 15 is 0 Å². The molecule has 2 heteroatoms. The zero-order valence-electron chi connectivity index (χ0n) is 10.7. The Bertz CT molecular complexity index is 577. The van der Waals surface area contributed by atoms with Crippen molar-refractivity contribution in [3.63, 3.8) is 0 Å². The minimum atomic E-state index is -0.0745. The predicted molar refractivity (Wildman–Crippen MR) is 70.7 cm³/mol. The maximum Gasteiger partial charge on any atom is 0.165 e. The number of fused-ring (bicyclic) bond motifs is 1. The third kappa shape index (κ3) is 1.74. The second-order valence-electron chi connectivity index (χ2n) is 5.49. The summed E-state index contributed by atoms with van der Waals surface area (Å²) in [5, 5.41) is 21.7. The summed E-state index contributed by atoms with van der Waals surface area (Å²) in [5.41, 5.74) is 1.77. The van der Waals surface area contributed by atoms with Gasteiger partial charge in [-0.05, 0) is 28.9 Å². The molecular weight excluding hydrogens is 212 g/mol. The molecule has 0 atom stereocenters. The molecule has 0 aliphatic heterocycles. The monoisotopic (exact) mass is 230 g/mol. The summed E-state index contributed by atoms with van der Waals surface area (Å²) in [6.45, 7) is 8.18. The number of aromatic hydroxyl groups is 2. The lowest BCUT2D eigenvalue weighted by Gasteiger charge is -2.25. The maximum atomic E-state index is 10.00. The average molecular weight is 230 g/mol. The molecule has 0 aliphatic rings. The number of phenols is 2. The lowest BCUT2D eigenvalue weighted by molar-refractivity contribution is 0.403. The molecular formula is C15H18O2. The van der Waals surface area contributed by atoms with Gasteiger partial charge in [-0.1, -0.05) is 45.0 Å². The Balaban J connectivity index is 3.01. The Labute approximate surface area is 102 Å². The number of rotatable bonds is 0. The van der Waals surface area contributed by atoms with Gasteiger partial charge in [0.25, 0.3) is 0 Å². The molecule has 0 saturated carbocycles. The van der Waals surface area contributed by atoms with Crippen LogP contribution in [-0.2, 0) is 5.41 Å². The molecule has 17 heavy (non-hydrogen) atoms. The minimum absolute atomic E-state index is 0.00590. The molecule has 0 heterocycles. The second kappa shape index (κ2) is 3.66. The fourth-order valence-corrected chi connectivity index (χ4v) is 2.50. The molecule has 90 valence electrons. The third-order valence-corrected chi connectivity index (χ3v) is 3.16. The zero-order valence-corrected chi connectivity index (χ0v) is 10.7. The maximum absolute atomic E-state index is 10.00. The van der Waals surface area contributed by atoms with Crippen molar-refractivity contribution in [1.82, 2.24) is 0 Å². The Morgan fingerprint density at radius 1 is 0.882 bits per heavy atom. The molecule has 0 amide bonds. The third-order valence-electron chi connectivity index (χ3n) is 3.16. The van der Waals surface area contributed by atoms with Gasteiger partial charge in [-0.3, -0.25) is 0 Å². The van der Waals surface area contributed by atoms with Crippen LogP contribution in [0.5, 0.6) is 11.5 Å². The van der Waals surface area contributed by atoms with Crippen molar-refractivity contribution >= 4 is 10.8 Å². The van der Waals surface area contributed by atoms with Crippen LogP contribution < -0.4 is 0 Å². The van der Waals surface area contributed by atoms with Gasteiger partial charge in [0, 0.05) is 5.39 Å². The van der Waals surface area contributed by atoms with Gasteiger partial charge in [0.1, 0.15) is 0 Å². The topological polar surface area (TPSA) is 40.5 Å². The lowest BCUT2D eigenvalue weighted by atomic mass is 9.80. The molecule has 2 rings (SSSR count). The van der Waals surface area contributed by atoms with E-state index in [9.17, 15) is 10.2 Å². The Hall–Kier alpha value is -1.70. The van der Waals surface area contributed by atoms with Crippen molar-refractivity contribution in [2.24, 2.45) is 0 Å². The molecule has 0 aliphatic carbocycles. The molecule has 0 bridgehead atoms. The summed E-state index contributed by atoms with van der Waals surface area (Å²) in [6.07, 6.45) is 0. The van der Waals surface area contributed by atoms with E-state index in [1.165, 1.54) is 0 Å². The van der Waals surface area contributed by atoms with Gasteiger partial charge in [0.15, 0.2) is 11.5 Å². The summed E-state index contributed by atoms with van der Waals surface area (Å²) in [5.74, 6) is -0.0280. The van der Waals surface area contributed by atoms with Gasteiger partial charge in [-0.15, -0.1) is 0 Å². The minimum Gasteiger partial charge on any atom is -0.504 e. The van der Waals surface area contributed by atoms with Crippen molar-refractivity contribution in [3.8, 4) is 11.5 Å². The first kappa shape index (κ1) is 11.8. The number of hydrogen-bond donors (Lipinski definition) is 2. The highest BCUT2D eigenvalue weighted by Crippen LogP contribution is 2.43. The highest BCUT2D eigenvalue weighted by atomic mass is 16.3. The van der Waals surface area contributed by atoms with Gasteiger partial charge in [-0.25, -0.2) is 0 Å². The highest BCUT2D eigenvalue weighted by molar-refractivity contribution is 5.95. The Kier molecular flexibility index (Phi) is 2.53. The standard InChI is InChI=1S/C15H18O2/c1-9-12(15(2,3)4)10-7-5-6-8-11(10)14(17)13(9)16/h5-8,16-17H,1-4H3. The van der Waals surface area contributed by atoms with E-state index < -0.39 is 0 Å². The van der Waals surface area contributed by atoms with E-state index in [4.69, 9.17) is 0 Å². The Morgan fingerprint density at radius 2 is 1.41 bits per heavy atom. The average Bonchev–Trinajstić information content (AvgIpc) is 2.24. The van der Waals surface area contributed by atoms with Crippen LogP contribution in [0, 0.1) is 6.92 Å². The Morgan fingerprint density at radius 3 is 1.94 bits per heavy atom. The molecule has 0 fully saturated rings. The smallest absolute Gasteiger partial charge is 0.165 e. The SMILES string of the molecule is Cc1c(O)c(O)c2ccccc2c1C(C)(C)C. The molecule has 2 nitrogen and oxygen atoms in total. The molecule has 0 radical (unpaired) electrons. The van der Waals surface area contributed by atoms with E-state index in [1.807, 2.05) is 31.2 Å². The fraction of sp³-hybridized carbons (Fsp3) is 0.333. The van der Waals surface area contributed by atoms with Gasteiger partial charge in [0.05, 0.1) is 0 Å². The number of hydrogen-bond acceptors (Lipinski definition) is 2. The van der Waals surface area contributed by atoms with Gasteiger partial charge < -0.3 is 10.2 Å². The van der Waals surface area contributed by atoms with Crippen LogP contribution in [0.4, 0.5) is 0 Å². The molecule has 0 saturated heterocycles. The summed E-state index contributed by atoms with van der Waals surface area (Å²) < 4.78 is 0. The van der Waals surface area contributed by atoms with Crippen molar-refractivity contribution in [2.45, 2.75) is 33.1 Å². The number of benzene rings is 2. The van der Waals surface area contributed by atoms with Crippen LogP contribution in [0.15, 0.2) is 24.3 Å². The highest BCUT2D eigenvalue weighted by Gasteiger charge is 2.23. The van der Waals surface area contributed by atoms with Crippen LogP contribution in [0.3, 0.4) is 0 Å². The van der Waals surface area contributed by atoms with Crippen LogP contribution >= 0.6 is 0 Å². The van der Waals surface area contributed by atoms with E-state index in [-0.39, 0.29) is 16.9 Å². The van der Waals surface area contributed by atoms with Crippen molar-refractivity contribution in [1.29, 1.82) is 0 Å². The molecule has 2 aromatic rings. The van der Waals surface area contributed by atoms with Crippen LogP contribution in [0.2, 0.25) is 0 Å². The van der Waals surface area contributed by atoms with Crippen molar-refractivity contribution in [2.75, 3.05) is 0 Å². The van der Waals surface area contributed by atoms with Crippen LogP contribution in [0.25, 0.3) is 10.8 Å². The van der Waals surface area contributed by atoms with E-state index in [1.54, 1.807) is 0 Å². The predicted octanol–water partition coefficient (Wildman–Crippen LogP) is 3.86. The lowest BCUT2D eigenvalue weighted by Crippen LogP contribution is -2.14. The van der Waals surface area contributed by atoms with E-state index in [0.29, 0.717) is 5.39 Å². The molecule has 0 spiro atoms. The second-order valence-corrected chi connectivity index (χ2v) is 5.49. The zero-order chi connectivity index (χ0) is 12.8. The first-order valence-corrected chi connectivity index (χ1v) is 5.77. The molecule has 2 N–H and O–H groups in total. The largest absolute Gasteiger partial charge is 0.504 e. The molecule has 0 unspecified atom stereocenters. The summed E-state index contributed by atoms with van der Waals surface area (Å²) in [4.78, 5) is 0. The fourth-order valence-electron chi connectivity index (χ4n) is 2.50. The number of phenolic OH excluding ortho intramolecular Hbond substituents is 2. The summed E-state index contributed by atoms with van der Waals surface area (Å²) in [6, 6.07) is 7.64. The van der Waals surface area contributed by atoms with Crippen LogP contribution in [-0.4, -0.2) is 10.2 Å². The first-order chi connectivity index (χ1) is 7.84. The van der Waals surface area contributed by atoms with Gasteiger partial charge >= 0.3 is 0 Å². The van der Waals surface area contributed by atoms with E-state index in [0.717, 1.165) is 16.5 Å². The molecule has 2 aromatic carbocycles. The van der Waals surface area contributed by atoms with Gasteiger partial charge in [-0.2, -0.15) is 0 Å².